The Morgan fingerprint density at radius 1 is 1.43 bits per heavy atom. The van der Waals surface area contributed by atoms with Gasteiger partial charge >= 0.3 is 0 Å². The van der Waals surface area contributed by atoms with Gasteiger partial charge in [-0.1, -0.05) is 30.4 Å². The lowest BCUT2D eigenvalue weighted by Gasteiger charge is -2.17. The molecule has 1 aromatic carbocycles. The van der Waals surface area contributed by atoms with Gasteiger partial charge in [0.1, 0.15) is 9.87 Å². The van der Waals surface area contributed by atoms with Gasteiger partial charge in [-0.05, 0) is 25.5 Å². The molecular weight excluding hydrogens is 302 g/mol. The Labute approximate surface area is 133 Å². The molecule has 1 aromatic heterocycles. The standard InChI is InChI=1S/C15H17N3OS2/c1-9-13(21-10(2)17-9)15(19)18(3)8-11-5-4-6-12(7-11)14(16)20/h4-7H,8H2,1-3H3,(H2,16,20). The number of carbonyl (C=O) groups is 1. The van der Waals surface area contributed by atoms with Crippen LogP contribution in [0.25, 0.3) is 0 Å². The molecule has 1 amide bonds. The highest BCUT2D eigenvalue weighted by Crippen LogP contribution is 2.19. The van der Waals surface area contributed by atoms with Crippen LogP contribution in [0, 0.1) is 13.8 Å². The fourth-order valence-electron chi connectivity index (χ4n) is 2.07. The Kier molecular flexibility index (Phi) is 4.69. The third kappa shape index (κ3) is 3.65. The van der Waals surface area contributed by atoms with Gasteiger partial charge in [-0.15, -0.1) is 11.3 Å². The first-order valence-electron chi connectivity index (χ1n) is 6.46. The molecule has 4 nitrogen and oxygen atoms in total. The van der Waals surface area contributed by atoms with Crippen molar-refractivity contribution in [1.29, 1.82) is 0 Å². The minimum atomic E-state index is -0.0150. The average molecular weight is 319 g/mol. The summed E-state index contributed by atoms with van der Waals surface area (Å²) in [4.78, 5) is 19.5. The lowest BCUT2D eigenvalue weighted by Crippen LogP contribution is -2.26. The maximum absolute atomic E-state index is 12.4. The highest BCUT2D eigenvalue weighted by molar-refractivity contribution is 7.80. The molecule has 110 valence electrons. The molecule has 0 bridgehead atoms. The molecule has 2 rings (SSSR count). The second-order valence-electron chi connectivity index (χ2n) is 4.87. The SMILES string of the molecule is Cc1nc(C)c(C(=O)N(C)Cc2cccc(C(N)=S)c2)s1. The monoisotopic (exact) mass is 319 g/mol. The normalized spacial score (nSPS) is 10.4. The molecule has 0 fully saturated rings. The largest absolute Gasteiger partial charge is 0.389 e. The van der Waals surface area contributed by atoms with Crippen molar-refractivity contribution in [3.05, 3.63) is 51.0 Å². The van der Waals surface area contributed by atoms with Crippen LogP contribution in [-0.4, -0.2) is 27.8 Å². The molecule has 0 unspecified atom stereocenters. The van der Waals surface area contributed by atoms with E-state index in [0.29, 0.717) is 16.4 Å². The Balaban J connectivity index is 2.16. The maximum Gasteiger partial charge on any atom is 0.265 e. The number of hydrogen-bond donors (Lipinski definition) is 1. The first-order valence-corrected chi connectivity index (χ1v) is 7.69. The zero-order valence-corrected chi connectivity index (χ0v) is 13.8. The van der Waals surface area contributed by atoms with E-state index in [1.807, 2.05) is 38.1 Å². The van der Waals surface area contributed by atoms with Crippen molar-refractivity contribution >= 4 is 34.5 Å². The number of amides is 1. The Hall–Kier alpha value is -1.79. The van der Waals surface area contributed by atoms with Crippen molar-refractivity contribution < 1.29 is 4.79 Å². The van der Waals surface area contributed by atoms with Gasteiger partial charge in [0, 0.05) is 19.2 Å². The topological polar surface area (TPSA) is 59.2 Å². The summed E-state index contributed by atoms with van der Waals surface area (Å²) in [5.41, 5.74) is 8.22. The van der Waals surface area contributed by atoms with Crippen LogP contribution < -0.4 is 5.73 Å². The van der Waals surface area contributed by atoms with Crippen LogP contribution in [0.2, 0.25) is 0 Å². The number of nitrogens with zero attached hydrogens (tertiary/aromatic N) is 2. The number of carbonyl (C=O) groups excluding carboxylic acids is 1. The minimum Gasteiger partial charge on any atom is -0.389 e. The van der Waals surface area contributed by atoms with Crippen LogP contribution in [-0.2, 0) is 6.54 Å². The zero-order chi connectivity index (χ0) is 15.6. The van der Waals surface area contributed by atoms with Crippen molar-refractivity contribution in [2.24, 2.45) is 5.73 Å². The van der Waals surface area contributed by atoms with E-state index in [1.165, 1.54) is 11.3 Å². The van der Waals surface area contributed by atoms with E-state index in [-0.39, 0.29) is 5.91 Å². The van der Waals surface area contributed by atoms with Crippen LogP contribution in [0.4, 0.5) is 0 Å². The van der Waals surface area contributed by atoms with Gasteiger partial charge < -0.3 is 10.6 Å². The molecule has 0 aliphatic heterocycles. The molecule has 0 spiro atoms. The smallest absolute Gasteiger partial charge is 0.265 e. The predicted octanol–water partition coefficient (Wildman–Crippen LogP) is 2.67. The fraction of sp³-hybridized carbons (Fsp3) is 0.267. The highest BCUT2D eigenvalue weighted by Gasteiger charge is 2.18. The first-order chi connectivity index (χ1) is 9.88. The van der Waals surface area contributed by atoms with Gasteiger partial charge in [0.15, 0.2) is 0 Å². The van der Waals surface area contributed by atoms with Crippen LogP contribution in [0.5, 0.6) is 0 Å². The fourth-order valence-corrected chi connectivity index (χ4v) is 3.11. The zero-order valence-electron chi connectivity index (χ0n) is 12.2. The lowest BCUT2D eigenvalue weighted by molar-refractivity contribution is 0.0789. The van der Waals surface area contributed by atoms with Crippen LogP contribution in [0.3, 0.4) is 0 Å². The molecule has 1 heterocycles. The van der Waals surface area contributed by atoms with Crippen LogP contribution in [0.1, 0.15) is 31.5 Å². The number of aryl methyl sites for hydroxylation is 2. The number of aromatic nitrogens is 1. The molecule has 0 aliphatic carbocycles. The number of thiocarbonyl (C=S) groups is 1. The molecule has 0 saturated carbocycles. The van der Waals surface area contributed by atoms with Crippen LogP contribution in [0.15, 0.2) is 24.3 Å². The van der Waals surface area contributed by atoms with E-state index >= 15 is 0 Å². The van der Waals surface area contributed by atoms with Crippen molar-refractivity contribution in [3.63, 3.8) is 0 Å². The summed E-state index contributed by atoms with van der Waals surface area (Å²) >= 11 is 6.40. The van der Waals surface area contributed by atoms with E-state index < -0.39 is 0 Å². The highest BCUT2D eigenvalue weighted by atomic mass is 32.1. The molecule has 6 heteroatoms. The second-order valence-corrected chi connectivity index (χ2v) is 6.52. The number of rotatable bonds is 4. The quantitative estimate of drug-likeness (QED) is 0.880. The van der Waals surface area contributed by atoms with E-state index in [2.05, 4.69) is 4.98 Å². The van der Waals surface area contributed by atoms with Crippen molar-refractivity contribution in [1.82, 2.24) is 9.88 Å². The summed E-state index contributed by atoms with van der Waals surface area (Å²) < 4.78 is 0. The van der Waals surface area contributed by atoms with E-state index in [4.69, 9.17) is 18.0 Å². The van der Waals surface area contributed by atoms with Crippen LogP contribution >= 0.6 is 23.6 Å². The molecule has 2 N–H and O–H groups in total. The van der Waals surface area contributed by atoms with Gasteiger partial charge in [-0.25, -0.2) is 4.98 Å². The van der Waals surface area contributed by atoms with Gasteiger partial charge in [-0.2, -0.15) is 0 Å². The van der Waals surface area contributed by atoms with E-state index in [0.717, 1.165) is 21.8 Å². The maximum atomic E-state index is 12.4. The third-order valence-corrected chi connectivity index (χ3v) is 4.37. The minimum absolute atomic E-state index is 0.0150. The molecular formula is C15H17N3OS2. The summed E-state index contributed by atoms with van der Waals surface area (Å²) in [7, 11) is 1.78. The Morgan fingerprint density at radius 2 is 2.14 bits per heavy atom. The van der Waals surface area contributed by atoms with E-state index in [9.17, 15) is 4.79 Å². The average Bonchev–Trinajstić information content (AvgIpc) is 2.77. The number of hydrogen-bond acceptors (Lipinski definition) is 4. The molecule has 2 aromatic rings. The summed E-state index contributed by atoms with van der Waals surface area (Å²) in [6, 6.07) is 7.63. The Bertz CT molecular complexity index is 694. The molecule has 21 heavy (non-hydrogen) atoms. The molecule has 0 radical (unpaired) electrons. The first kappa shape index (κ1) is 15.6. The van der Waals surface area contributed by atoms with Crippen molar-refractivity contribution in [2.75, 3.05) is 7.05 Å². The summed E-state index contributed by atoms with van der Waals surface area (Å²) in [5.74, 6) is -0.0150. The summed E-state index contributed by atoms with van der Waals surface area (Å²) in [5, 5.41) is 0.903. The number of nitrogens with two attached hydrogens (primary N) is 1. The second kappa shape index (κ2) is 6.32. The molecule has 0 saturated heterocycles. The van der Waals surface area contributed by atoms with Gasteiger partial charge in [0.05, 0.1) is 10.7 Å². The number of benzene rings is 1. The molecule has 0 atom stereocenters. The van der Waals surface area contributed by atoms with Gasteiger partial charge in [-0.3, -0.25) is 4.79 Å². The summed E-state index contributed by atoms with van der Waals surface area (Å²) in [6.07, 6.45) is 0. The van der Waals surface area contributed by atoms with Crippen molar-refractivity contribution in [3.8, 4) is 0 Å². The van der Waals surface area contributed by atoms with Gasteiger partial charge in [0.25, 0.3) is 5.91 Å². The van der Waals surface area contributed by atoms with Crippen molar-refractivity contribution in [2.45, 2.75) is 20.4 Å². The Morgan fingerprint density at radius 3 is 2.71 bits per heavy atom. The predicted molar refractivity (Wildman–Crippen MR) is 89.7 cm³/mol. The number of thiazole rings is 1. The third-order valence-electron chi connectivity index (χ3n) is 3.08. The lowest BCUT2D eigenvalue weighted by atomic mass is 10.1. The summed E-state index contributed by atoms with van der Waals surface area (Å²) in [6.45, 7) is 4.27. The van der Waals surface area contributed by atoms with E-state index in [1.54, 1.807) is 11.9 Å². The van der Waals surface area contributed by atoms with Gasteiger partial charge in [0.2, 0.25) is 0 Å². The molecule has 0 aliphatic rings.